The van der Waals surface area contributed by atoms with Crippen LogP contribution in [0.1, 0.15) is 31.4 Å². The van der Waals surface area contributed by atoms with Crippen LogP contribution < -0.4 is 5.32 Å². The average Bonchev–Trinajstić information content (AvgIpc) is 2.50. The second-order valence-corrected chi connectivity index (χ2v) is 5.61. The van der Waals surface area contributed by atoms with Gasteiger partial charge < -0.3 is 15.2 Å². The molecule has 120 valence electrons. The highest BCUT2D eigenvalue weighted by molar-refractivity contribution is 5.98. The molecular weight excluding hydrogens is 276 g/mol. The molecule has 1 aromatic rings. The van der Waals surface area contributed by atoms with Crippen molar-refractivity contribution in [3.63, 3.8) is 0 Å². The number of nitrogens with zero attached hydrogens (tertiary/aromatic N) is 1. The predicted octanol–water partition coefficient (Wildman–Crippen LogP) is 2.49. The van der Waals surface area contributed by atoms with Crippen molar-refractivity contribution in [2.45, 2.75) is 33.3 Å². The van der Waals surface area contributed by atoms with E-state index in [1.807, 2.05) is 50.3 Å². The largest absolute Gasteiger partial charge is 0.392 e. The molecule has 0 aromatic heterocycles. The van der Waals surface area contributed by atoms with Crippen LogP contribution in [0, 0.1) is 12.8 Å². The van der Waals surface area contributed by atoms with Gasteiger partial charge in [0.2, 0.25) is 0 Å². The SMILES string of the molecule is Cc1ccc(C(=NC/C=C\CC(C)C=O)NCC(C)O)cc1. The molecule has 0 aliphatic carbocycles. The first kappa shape index (κ1) is 18.1. The lowest BCUT2D eigenvalue weighted by molar-refractivity contribution is -0.110. The van der Waals surface area contributed by atoms with Crippen LogP contribution in [-0.2, 0) is 4.79 Å². The van der Waals surface area contributed by atoms with Crippen molar-refractivity contribution in [1.82, 2.24) is 5.32 Å². The van der Waals surface area contributed by atoms with Gasteiger partial charge >= 0.3 is 0 Å². The lowest BCUT2D eigenvalue weighted by Gasteiger charge is -2.12. The number of carbonyl (C=O) groups is 1. The van der Waals surface area contributed by atoms with E-state index in [9.17, 15) is 9.90 Å². The first-order chi connectivity index (χ1) is 10.5. The van der Waals surface area contributed by atoms with E-state index >= 15 is 0 Å². The molecule has 4 nitrogen and oxygen atoms in total. The third-order valence-electron chi connectivity index (χ3n) is 3.15. The van der Waals surface area contributed by atoms with Gasteiger partial charge in [0.25, 0.3) is 0 Å². The van der Waals surface area contributed by atoms with Crippen LogP contribution in [0.4, 0.5) is 0 Å². The van der Waals surface area contributed by atoms with E-state index in [4.69, 9.17) is 0 Å². The molecule has 0 saturated carbocycles. The van der Waals surface area contributed by atoms with Gasteiger partial charge in [-0.2, -0.15) is 0 Å². The molecule has 1 aromatic carbocycles. The van der Waals surface area contributed by atoms with Gasteiger partial charge in [-0.15, -0.1) is 0 Å². The highest BCUT2D eigenvalue weighted by Gasteiger charge is 2.04. The van der Waals surface area contributed by atoms with E-state index in [0.717, 1.165) is 24.1 Å². The Morgan fingerprint density at radius 2 is 1.95 bits per heavy atom. The molecule has 2 atom stereocenters. The Kier molecular flexibility index (Phi) is 8.15. The quantitative estimate of drug-likeness (QED) is 0.336. The zero-order chi connectivity index (χ0) is 16.4. The first-order valence-corrected chi connectivity index (χ1v) is 7.66. The molecule has 0 aliphatic heterocycles. The van der Waals surface area contributed by atoms with Crippen LogP contribution in [0.3, 0.4) is 0 Å². The minimum Gasteiger partial charge on any atom is -0.392 e. The summed E-state index contributed by atoms with van der Waals surface area (Å²) in [5, 5.41) is 12.6. The van der Waals surface area contributed by atoms with Gasteiger partial charge in [0.15, 0.2) is 0 Å². The van der Waals surface area contributed by atoms with Crippen LogP contribution in [-0.4, -0.2) is 36.4 Å². The summed E-state index contributed by atoms with van der Waals surface area (Å²) in [5.74, 6) is 0.819. The normalized spacial score (nSPS) is 14.8. The molecule has 1 rings (SSSR count). The zero-order valence-corrected chi connectivity index (χ0v) is 13.6. The molecule has 4 heteroatoms. The standard InChI is InChI=1S/C18H26N2O2/c1-14-7-9-17(10-8-14)18(20-12-16(3)22)19-11-5-4-6-15(2)13-21/h4-5,7-10,13,15-16,22H,6,11-12H2,1-3H3,(H,19,20)/b5-4-. The van der Waals surface area contributed by atoms with Gasteiger partial charge in [0.05, 0.1) is 12.6 Å². The average molecular weight is 302 g/mol. The summed E-state index contributed by atoms with van der Waals surface area (Å²) < 4.78 is 0. The summed E-state index contributed by atoms with van der Waals surface area (Å²) in [6.45, 7) is 6.67. The summed E-state index contributed by atoms with van der Waals surface area (Å²) in [6, 6.07) is 8.11. The van der Waals surface area contributed by atoms with Gasteiger partial charge in [-0.1, -0.05) is 48.9 Å². The summed E-state index contributed by atoms with van der Waals surface area (Å²) in [7, 11) is 0. The van der Waals surface area contributed by atoms with Crippen molar-refractivity contribution < 1.29 is 9.90 Å². The molecule has 2 unspecified atom stereocenters. The number of carbonyl (C=O) groups excluding carboxylic acids is 1. The Morgan fingerprint density at radius 3 is 2.55 bits per heavy atom. The van der Waals surface area contributed by atoms with Gasteiger partial charge in [0.1, 0.15) is 12.1 Å². The highest BCUT2D eigenvalue weighted by atomic mass is 16.3. The second-order valence-electron chi connectivity index (χ2n) is 5.61. The number of benzene rings is 1. The van der Waals surface area contributed by atoms with E-state index in [1.165, 1.54) is 5.56 Å². The fraction of sp³-hybridized carbons (Fsp3) is 0.444. The van der Waals surface area contributed by atoms with Crippen molar-refractivity contribution in [1.29, 1.82) is 0 Å². The Morgan fingerprint density at radius 1 is 1.27 bits per heavy atom. The smallest absolute Gasteiger partial charge is 0.128 e. The second kappa shape index (κ2) is 9.90. The Bertz CT molecular complexity index is 504. The lowest BCUT2D eigenvalue weighted by Crippen LogP contribution is -2.31. The zero-order valence-electron chi connectivity index (χ0n) is 13.6. The molecule has 0 bridgehead atoms. The minimum atomic E-state index is -0.431. The van der Waals surface area contributed by atoms with Crippen molar-refractivity contribution in [3.05, 3.63) is 47.5 Å². The van der Waals surface area contributed by atoms with E-state index in [2.05, 4.69) is 10.3 Å². The maximum absolute atomic E-state index is 10.5. The van der Waals surface area contributed by atoms with Crippen molar-refractivity contribution in [3.8, 4) is 0 Å². The fourth-order valence-electron chi connectivity index (χ4n) is 1.79. The fourth-order valence-corrected chi connectivity index (χ4v) is 1.79. The van der Waals surface area contributed by atoms with Crippen molar-refractivity contribution in [2.75, 3.05) is 13.1 Å². The van der Waals surface area contributed by atoms with Gasteiger partial charge in [-0.05, 0) is 20.3 Å². The minimum absolute atomic E-state index is 0.0464. The number of hydrogen-bond acceptors (Lipinski definition) is 3. The van der Waals surface area contributed by atoms with E-state index in [1.54, 1.807) is 6.92 Å². The summed E-state index contributed by atoms with van der Waals surface area (Å²) in [4.78, 5) is 15.1. The van der Waals surface area contributed by atoms with E-state index in [-0.39, 0.29) is 5.92 Å². The number of amidine groups is 1. The van der Waals surface area contributed by atoms with Crippen LogP contribution in [0.15, 0.2) is 41.4 Å². The number of rotatable bonds is 8. The van der Waals surface area contributed by atoms with E-state index in [0.29, 0.717) is 13.1 Å². The molecular formula is C18H26N2O2. The number of hydrogen-bond donors (Lipinski definition) is 2. The van der Waals surface area contributed by atoms with Crippen LogP contribution in [0.25, 0.3) is 0 Å². The maximum atomic E-state index is 10.5. The number of aliphatic hydroxyl groups excluding tert-OH is 1. The van der Waals surface area contributed by atoms with Gasteiger partial charge in [-0.25, -0.2) is 0 Å². The van der Waals surface area contributed by atoms with Crippen LogP contribution >= 0.6 is 0 Å². The number of aliphatic hydroxyl groups is 1. The van der Waals surface area contributed by atoms with Gasteiger partial charge in [-0.3, -0.25) is 4.99 Å². The lowest BCUT2D eigenvalue weighted by atomic mass is 10.1. The highest BCUT2D eigenvalue weighted by Crippen LogP contribution is 2.04. The Balaban J connectivity index is 2.70. The number of aldehydes is 1. The molecule has 0 fully saturated rings. The number of allylic oxidation sites excluding steroid dienone is 1. The van der Waals surface area contributed by atoms with Crippen molar-refractivity contribution in [2.24, 2.45) is 10.9 Å². The Labute approximate surface area is 133 Å². The van der Waals surface area contributed by atoms with Crippen LogP contribution in [0.5, 0.6) is 0 Å². The summed E-state index contributed by atoms with van der Waals surface area (Å²) in [5.41, 5.74) is 2.20. The maximum Gasteiger partial charge on any atom is 0.128 e. The number of aliphatic imine (C=N–C) groups is 1. The predicted molar refractivity (Wildman–Crippen MR) is 91.3 cm³/mol. The molecule has 2 N–H and O–H groups in total. The third kappa shape index (κ3) is 7.18. The molecule has 0 aliphatic rings. The topological polar surface area (TPSA) is 61.7 Å². The molecule has 0 spiro atoms. The molecule has 22 heavy (non-hydrogen) atoms. The van der Waals surface area contributed by atoms with Crippen molar-refractivity contribution >= 4 is 12.1 Å². The summed E-state index contributed by atoms with van der Waals surface area (Å²) >= 11 is 0. The third-order valence-corrected chi connectivity index (χ3v) is 3.15. The van der Waals surface area contributed by atoms with Crippen LogP contribution in [0.2, 0.25) is 0 Å². The number of aryl methyl sites for hydroxylation is 1. The number of nitrogens with one attached hydrogen (secondary N) is 1. The molecule has 0 saturated heterocycles. The molecule has 0 amide bonds. The van der Waals surface area contributed by atoms with E-state index < -0.39 is 6.10 Å². The summed E-state index contributed by atoms with van der Waals surface area (Å²) in [6.07, 6.45) is 5.19. The molecule has 0 heterocycles. The first-order valence-electron chi connectivity index (χ1n) is 7.66. The van der Waals surface area contributed by atoms with Gasteiger partial charge in [0, 0.05) is 18.0 Å². The monoisotopic (exact) mass is 302 g/mol. The molecule has 0 radical (unpaired) electrons. The Hall–Kier alpha value is -1.94.